The maximum atomic E-state index is 5.09. The van der Waals surface area contributed by atoms with Crippen LogP contribution in [0.5, 0.6) is 0 Å². The lowest BCUT2D eigenvalue weighted by Gasteiger charge is -2.30. The van der Waals surface area contributed by atoms with Gasteiger partial charge in [-0.05, 0) is 120 Å². The summed E-state index contributed by atoms with van der Waals surface area (Å²) < 4.78 is 2.68. The van der Waals surface area contributed by atoms with Gasteiger partial charge >= 0.3 is 0 Å². The quantitative estimate of drug-likeness (QED) is 0.182. The van der Waals surface area contributed by atoms with E-state index in [-0.39, 0.29) is 27.1 Å². The summed E-state index contributed by atoms with van der Waals surface area (Å²) in [6.45, 7) is 29.2. The normalized spacial score (nSPS) is 18.9. The number of benzene rings is 4. The molecular weight excluding hydrogens is 599 g/mol. The zero-order valence-electron chi connectivity index (χ0n) is 31.1. The Kier molecular flexibility index (Phi) is 6.49. The molecule has 8 rings (SSSR count). The molecule has 1 nitrogen and oxygen atoms in total. The smallest absolute Gasteiger partial charge is 0.0880 e. The molecule has 0 radical (unpaired) electrons. The SMILES string of the molecule is Cc1c(-c2c3c(cc4c2C(C)(C)CC4(C)C)C(C)(C)CC3(C)C)ccc2c1sc1c(-c3cc(C(C)(C)C)c4ccccc4c3)nccc12. The van der Waals surface area contributed by atoms with Crippen molar-refractivity contribution in [2.75, 3.05) is 0 Å². The maximum absolute atomic E-state index is 5.09. The van der Waals surface area contributed by atoms with E-state index in [1.807, 2.05) is 17.5 Å². The van der Waals surface area contributed by atoms with Crippen molar-refractivity contribution in [3.8, 4) is 22.4 Å². The van der Waals surface area contributed by atoms with E-state index in [1.54, 1.807) is 22.3 Å². The molecule has 2 aliphatic carbocycles. The van der Waals surface area contributed by atoms with Crippen molar-refractivity contribution in [3.63, 3.8) is 0 Å². The van der Waals surface area contributed by atoms with Gasteiger partial charge in [0.15, 0.2) is 0 Å². The van der Waals surface area contributed by atoms with E-state index in [0.717, 1.165) is 5.69 Å². The van der Waals surface area contributed by atoms with Crippen LogP contribution in [-0.4, -0.2) is 4.98 Å². The topological polar surface area (TPSA) is 12.9 Å². The predicted octanol–water partition coefficient (Wildman–Crippen LogP) is 13.5. The second-order valence-electron chi connectivity index (χ2n) is 18.7. The molecule has 0 N–H and O–H groups in total. The van der Waals surface area contributed by atoms with Crippen LogP contribution in [0.1, 0.15) is 122 Å². The number of hydrogen-bond donors (Lipinski definition) is 0. The molecule has 2 aromatic heterocycles. The highest BCUT2D eigenvalue weighted by molar-refractivity contribution is 7.26. The van der Waals surface area contributed by atoms with Gasteiger partial charge in [0, 0.05) is 27.2 Å². The van der Waals surface area contributed by atoms with Gasteiger partial charge in [-0.25, -0.2) is 0 Å². The van der Waals surface area contributed by atoms with Crippen LogP contribution in [0, 0.1) is 6.92 Å². The van der Waals surface area contributed by atoms with Crippen LogP contribution in [0.25, 0.3) is 53.3 Å². The Morgan fingerprint density at radius 1 is 0.646 bits per heavy atom. The summed E-state index contributed by atoms with van der Waals surface area (Å²) >= 11 is 1.94. The third kappa shape index (κ3) is 4.44. The van der Waals surface area contributed by atoms with Crippen LogP contribution in [0.3, 0.4) is 0 Å². The summed E-state index contributed by atoms with van der Waals surface area (Å²) in [6, 6.07) is 23.3. The Balaban J connectivity index is 1.42. The Morgan fingerprint density at radius 3 is 1.88 bits per heavy atom. The second-order valence-corrected chi connectivity index (χ2v) is 19.8. The number of aromatic nitrogens is 1. The second kappa shape index (κ2) is 9.81. The molecule has 0 aliphatic heterocycles. The van der Waals surface area contributed by atoms with Gasteiger partial charge in [-0.1, -0.05) is 119 Å². The molecule has 0 atom stereocenters. The summed E-state index contributed by atoms with van der Waals surface area (Å²) in [6.07, 6.45) is 4.37. The van der Waals surface area contributed by atoms with Crippen molar-refractivity contribution in [2.45, 2.75) is 123 Å². The Morgan fingerprint density at radius 2 is 1.25 bits per heavy atom. The molecule has 0 saturated heterocycles. The molecular formula is C46H51NS. The molecule has 2 aliphatic rings. The third-order valence-electron chi connectivity index (χ3n) is 11.9. The number of rotatable bonds is 2. The zero-order chi connectivity index (χ0) is 34.3. The fraction of sp³-hybridized carbons (Fsp3) is 0.413. The number of fused-ring (bicyclic) bond motifs is 6. The largest absolute Gasteiger partial charge is 0.255 e. The lowest BCUT2D eigenvalue weighted by molar-refractivity contribution is 0.396. The van der Waals surface area contributed by atoms with E-state index < -0.39 is 0 Å². The molecule has 246 valence electrons. The van der Waals surface area contributed by atoms with E-state index in [1.165, 1.54) is 71.6 Å². The van der Waals surface area contributed by atoms with Gasteiger partial charge in [0.2, 0.25) is 0 Å². The Hall–Kier alpha value is -3.49. The van der Waals surface area contributed by atoms with Crippen molar-refractivity contribution in [2.24, 2.45) is 0 Å². The van der Waals surface area contributed by atoms with Crippen LogP contribution in [0.4, 0.5) is 0 Å². The summed E-state index contributed by atoms with van der Waals surface area (Å²) in [5, 5.41) is 5.27. The van der Waals surface area contributed by atoms with Crippen molar-refractivity contribution in [3.05, 3.63) is 100 Å². The molecule has 48 heavy (non-hydrogen) atoms. The summed E-state index contributed by atoms with van der Waals surface area (Å²) in [5.74, 6) is 0. The number of thiophene rings is 1. The fourth-order valence-corrected chi connectivity index (χ4v) is 11.8. The minimum Gasteiger partial charge on any atom is -0.255 e. The third-order valence-corrected chi connectivity index (χ3v) is 13.3. The first-order valence-corrected chi connectivity index (χ1v) is 18.7. The van der Waals surface area contributed by atoms with Crippen LogP contribution in [0.15, 0.2) is 66.9 Å². The fourth-order valence-electron chi connectivity index (χ4n) is 10.4. The van der Waals surface area contributed by atoms with Gasteiger partial charge in [-0.15, -0.1) is 11.3 Å². The monoisotopic (exact) mass is 649 g/mol. The number of hydrogen-bond acceptors (Lipinski definition) is 2. The van der Waals surface area contributed by atoms with Gasteiger partial charge < -0.3 is 0 Å². The van der Waals surface area contributed by atoms with E-state index in [9.17, 15) is 0 Å². The predicted molar refractivity (Wildman–Crippen MR) is 210 cm³/mol. The zero-order valence-corrected chi connectivity index (χ0v) is 31.9. The molecule has 2 heterocycles. The lowest BCUT2D eigenvalue weighted by atomic mass is 9.73. The lowest BCUT2D eigenvalue weighted by Crippen LogP contribution is -2.20. The van der Waals surface area contributed by atoms with E-state index in [2.05, 4.69) is 144 Å². The van der Waals surface area contributed by atoms with Crippen molar-refractivity contribution in [1.82, 2.24) is 4.98 Å². The van der Waals surface area contributed by atoms with E-state index in [4.69, 9.17) is 4.98 Å². The Labute approximate surface area is 291 Å². The highest BCUT2D eigenvalue weighted by atomic mass is 32.1. The number of nitrogens with zero attached hydrogens (tertiary/aromatic N) is 1. The van der Waals surface area contributed by atoms with Gasteiger partial charge in [0.1, 0.15) is 0 Å². The standard InChI is InChI=1S/C46H51NS/c1-26-29(36-37-34(43(5,6)24-45(37,9)10)23-35-38(36)46(11,12)25-44(35,7)8)17-18-31-32-19-20-47-39(41(32)48-40(26)31)28-21-27-15-13-14-16-30(27)33(22-28)42(2,3)4/h13-23H,24-25H2,1-12H3. The first-order valence-electron chi connectivity index (χ1n) is 17.9. The van der Waals surface area contributed by atoms with Gasteiger partial charge in [-0.3, -0.25) is 4.98 Å². The number of aryl methyl sites for hydroxylation is 1. The Bertz CT molecular complexity index is 2280. The average molecular weight is 650 g/mol. The first-order chi connectivity index (χ1) is 22.3. The molecule has 4 aromatic carbocycles. The van der Waals surface area contributed by atoms with Crippen LogP contribution >= 0.6 is 11.3 Å². The van der Waals surface area contributed by atoms with E-state index >= 15 is 0 Å². The summed E-state index contributed by atoms with van der Waals surface area (Å²) in [5.41, 5.74) is 14.9. The van der Waals surface area contributed by atoms with Crippen molar-refractivity contribution in [1.29, 1.82) is 0 Å². The average Bonchev–Trinajstić information content (AvgIpc) is 3.53. The molecule has 0 saturated carbocycles. The molecule has 0 bridgehead atoms. The van der Waals surface area contributed by atoms with Crippen LogP contribution in [-0.2, 0) is 27.1 Å². The maximum Gasteiger partial charge on any atom is 0.0880 e. The van der Waals surface area contributed by atoms with Crippen molar-refractivity contribution < 1.29 is 0 Å². The van der Waals surface area contributed by atoms with Crippen LogP contribution < -0.4 is 0 Å². The minimum atomic E-state index is 0.0239. The minimum absolute atomic E-state index is 0.0239. The van der Waals surface area contributed by atoms with Gasteiger partial charge in [-0.2, -0.15) is 0 Å². The summed E-state index contributed by atoms with van der Waals surface area (Å²) in [4.78, 5) is 5.09. The van der Waals surface area contributed by atoms with Gasteiger partial charge in [0.05, 0.1) is 10.4 Å². The highest BCUT2D eigenvalue weighted by Crippen LogP contribution is 2.61. The van der Waals surface area contributed by atoms with Gasteiger partial charge in [0.25, 0.3) is 0 Å². The molecule has 6 aromatic rings. The first kappa shape index (κ1) is 31.8. The molecule has 2 heteroatoms. The molecule has 0 unspecified atom stereocenters. The number of pyridine rings is 1. The van der Waals surface area contributed by atoms with Crippen molar-refractivity contribution >= 4 is 42.3 Å². The highest BCUT2D eigenvalue weighted by Gasteiger charge is 2.50. The molecule has 0 fully saturated rings. The van der Waals surface area contributed by atoms with E-state index in [0.29, 0.717) is 0 Å². The molecule has 0 amide bonds. The summed E-state index contributed by atoms with van der Waals surface area (Å²) in [7, 11) is 0. The molecule has 0 spiro atoms. The van der Waals surface area contributed by atoms with Crippen LogP contribution in [0.2, 0.25) is 0 Å².